The summed E-state index contributed by atoms with van der Waals surface area (Å²) >= 11 is 0. The Bertz CT molecular complexity index is 343. The molecule has 1 heteroatoms. The molecule has 74 valence electrons. The van der Waals surface area contributed by atoms with Gasteiger partial charge in [-0.15, -0.1) is 0 Å². The van der Waals surface area contributed by atoms with Crippen LogP contribution in [-0.4, -0.2) is 7.11 Å². The van der Waals surface area contributed by atoms with Crippen LogP contribution in [0.5, 0.6) is 5.75 Å². The highest BCUT2D eigenvalue weighted by molar-refractivity contribution is 5.76. The molecule has 0 saturated carbocycles. The summed E-state index contributed by atoms with van der Waals surface area (Å²) in [5, 5.41) is 0. The zero-order valence-corrected chi connectivity index (χ0v) is 9.05. The van der Waals surface area contributed by atoms with E-state index in [0.717, 1.165) is 28.0 Å². The summed E-state index contributed by atoms with van der Waals surface area (Å²) in [5.41, 5.74) is 4.11. The van der Waals surface area contributed by atoms with Gasteiger partial charge in [0.15, 0.2) is 0 Å². The van der Waals surface area contributed by atoms with Crippen LogP contribution in [0, 0.1) is 0 Å². The number of rotatable bonds is 3. The molecular weight excluding hydrogens is 172 g/mol. The van der Waals surface area contributed by atoms with E-state index >= 15 is 0 Å². The number of para-hydroxylation sites is 1. The van der Waals surface area contributed by atoms with Crippen LogP contribution in [0.25, 0.3) is 11.1 Å². The second-order valence-electron chi connectivity index (χ2n) is 3.45. The summed E-state index contributed by atoms with van der Waals surface area (Å²) in [6.07, 6.45) is 0. The van der Waals surface area contributed by atoms with Gasteiger partial charge in [0.1, 0.15) is 5.75 Å². The topological polar surface area (TPSA) is 9.23 Å². The van der Waals surface area contributed by atoms with Crippen LogP contribution in [0.2, 0.25) is 0 Å². The van der Waals surface area contributed by atoms with Crippen molar-refractivity contribution in [3.05, 3.63) is 42.5 Å². The number of hydrogen-bond acceptors (Lipinski definition) is 1. The molecule has 14 heavy (non-hydrogen) atoms. The normalized spacial score (nSPS) is 9.64. The molecule has 0 unspecified atom stereocenters. The van der Waals surface area contributed by atoms with E-state index in [-0.39, 0.29) is 0 Å². The Kier molecular flexibility index (Phi) is 3.13. The van der Waals surface area contributed by atoms with Crippen molar-refractivity contribution in [1.29, 1.82) is 0 Å². The Morgan fingerprint density at radius 1 is 1.07 bits per heavy atom. The van der Waals surface area contributed by atoms with Crippen molar-refractivity contribution >= 4 is 11.1 Å². The molecule has 0 atom stereocenters. The third-order valence-electron chi connectivity index (χ3n) is 2.14. The van der Waals surface area contributed by atoms with Gasteiger partial charge >= 0.3 is 0 Å². The minimum Gasteiger partial charge on any atom is -0.495 e. The molecule has 0 bridgehead atoms. The molecule has 0 spiro atoms. The minimum absolute atomic E-state index is 0.868. The Labute approximate surface area is 85.7 Å². The zero-order valence-electron chi connectivity index (χ0n) is 9.05. The molecule has 0 N–H and O–H groups in total. The summed E-state index contributed by atoms with van der Waals surface area (Å²) in [7, 11) is 1.67. The first-order chi connectivity index (χ1) is 6.57. The summed E-state index contributed by atoms with van der Waals surface area (Å²) in [4.78, 5) is 0. The van der Waals surface area contributed by atoms with Crippen molar-refractivity contribution in [3.8, 4) is 5.75 Å². The van der Waals surface area contributed by atoms with Crippen LogP contribution in [-0.2, 0) is 0 Å². The van der Waals surface area contributed by atoms with Crippen LogP contribution >= 0.6 is 0 Å². The maximum atomic E-state index is 5.38. The fourth-order valence-electron chi connectivity index (χ4n) is 1.43. The highest BCUT2D eigenvalue weighted by Crippen LogP contribution is 2.32. The van der Waals surface area contributed by atoms with Crippen LogP contribution in [0.15, 0.2) is 31.4 Å². The fraction of sp³-hybridized carbons (Fsp3) is 0.231. The quantitative estimate of drug-likeness (QED) is 0.701. The standard InChI is InChI=1S/C13H16O/c1-9(2)11-7-6-8-12(10(3)4)13(11)14-5/h6-8H,1,3H2,2,4-5H3. The maximum absolute atomic E-state index is 5.38. The fourth-order valence-corrected chi connectivity index (χ4v) is 1.43. The van der Waals surface area contributed by atoms with E-state index < -0.39 is 0 Å². The molecule has 0 aliphatic rings. The van der Waals surface area contributed by atoms with Crippen LogP contribution in [0.1, 0.15) is 25.0 Å². The molecule has 0 amide bonds. The average Bonchev–Trinajstić information content (AvgIpc) is 2.16. The molecule has 0 aliphatic heterocycles. The molecule has 0 heterocycles. The molecule has 1 nitrogen and oxygen atoms in total. The zero-order chi connectivity index (χ0) is 10.7. The summed E-state index contributed by atoms with van der Waals surface area (Å²) in [5.74, 6) is 0.868. The first kappa shape index (κ1) is 10.6. The lowest BCUT2D eigenvalue weighted by atomic mass is 10.0. The van der Waals surface area contributed by atoms with Gasteiger partial charge in [-0.2, -0.15) is 0 Å². The molecule has 1 aromatic carbocycles. The van der Waals surface area contributed by atoms with Gasteiger partial charge < -0.3 is 4.74 Å². The van der Waals surface area contributed by atoms with Crippen molar-refractivity contribution in [1.82, 2.24) is 0 Å². The van der Waals surface area contributed by atoms with E-state index in [1.807, 2.05) is 32.0 Å². The number of ether oxygens (including phenoxy) is 1. The van der Waals surface area contributed by atoms with E-state index in [9.17, 15) is 0 Å². The van der Waals surface area contributed by atoms with E-state index in [1.54, 1.807) is 7.11 Å². The Balaban J connectivity index is 3.39. The Morgan fingerprint density at radius 3 is 1.79 bits per heavy atom. The van der Waals surface area contributed by atoms with Crippen LogP contribution in [0.3, 0.4) is 0 Å². The molecular formula is C13H16O. The number of hydrogen-bond donors (Lipinski definition) is 0. The van der Waals surface area contributed by atoms with Gasteiger partial charge in [0.25, 0.3) is 0 Å². The van der Waals surface area contributed by atoms with Gasteiger partial charge in [0, 0.05) is 11.1 Å². The second-order valence-corrected chi connectivity index (χ2v) is 3.45. The largest absolute Gasteiger partial charge is 0.495 e. The van der Waals surface area contributed by atoms with Crippen LogP contribution in [0.4, 0.5) is 0 Å². The predicted octanol–water partition coefficient (Wildman–Crippen LogP) is 3.76. The van der Waals surface area contributed by atoms with Crippen molar-refractivity contribution in [2.45, 2.75) is 13.8 Å². The van der Waals surface area contributed by atoms with Gasteiger partial charge in [-0.3, -0.25) is 0 Å². The summed E-state index contributed by atoms with van der Waals surface area (Å²) in [6, 6.07) is 6.01. The van der Waals surface area contributed by atoms with Crippen molar-refractivity contribution in [2.24, 2.45) is 0 Å². The van der Waals surface area contributed by atoms with Crippen molar-refractivity contribution in [2.75, 3.05) is 7.11 Å². The highest BCUT2D eigenvalue weighted by atomic mass is 16.5. The molecule has 1 rings (SSSR count). The lowest BCUT2D eigenvalue weighted by Crippen LogP contribution is -1.94. The minimum atomic E-state index is 0.868. The monoisotopic (exact) mass is 188 g/mol. The van der Waals surface area contributed by atoms with Crippen LogP contribution < -0.4 is 4.74 Å². The number of methoxy groups -OCH3 is 1. The van der Waals surface area contributed by atoms with Gasteiger partial charge in [-0.1, -0.05) is 31.4 Å². The lowest BCUT2D eigenvalue weighted by molar-refractivity contribution is 0.412. The average molecular weight is 188 g/mol. The third kappa shape index (κ3) is 1.87. The second kappa shape index (κ2) is 4.14. The van der Waals surface area contributed by atoms with E-state index in [4.69, 9.17) is 4.74 Å². The SMILES string of the molecule is C=C(C)c1cccc(C(=C)C)c1OC. The van der Waals surface area contributed by atoms with Gasteiger partial charge in [-0.25, -0.2) is 0 Å². The lowest BCUT2D eigenvalue weighted by Gasteiger charge is -2.13. The molecule has 0 aliphatic carbocycles. The number of allylic oxidation sites excluding steroid dienone is 2. The maximum Gasteiger partial charge on any atom is 0.133 e. The van der Waals surface area contributed by atoms with Crippen molar-refractivity contribution < 1.29 is 4.74 Å². The van der Waals surface area contributed by atoms with Crippen molar-refractivity contribution in [3.63, 3.8) is 0 Å². The van der Waals surface area contributed by atoms with E-state index in [2.05, 4.69) is 13.2 Å². The summed E-state index contributed by atoms with van der Waals surface area (Å²) < 4.78 is 5.38. The number of benzene rings is 1. The Hall–Kier alpha value is -1.50. The summed E-state index contributed by atoms with van der Waals surface area (Å²) in [6.45, 7) is 11.8. The van der Waals surface area contributed by atoms with Gasteiger partial charge in [0.05, 0.1) is 7.11 Å². The molecule has 1 aromatic rings. The molecule has 0 saturated heterocycles. The predicted molar refractivity (Wildman–Crippen MR) is 62.4 cm³/mol. The van der Waals surface area contributed by atoms with Gasteiger partial charge in [-0.05, 0) is 25.0 Å². The van der Waals surface area contributed by atoms with Gasteiger partial charge in [0.2, 0.25) is 0 Å². The van der Waals surface area contributed by atoms with E-state index in [0.29, 0.717) is 0 Å². The Morgan fingerprint density at radius 2 is 1.50 bits per heavy atom. The molecule has 0 radical (unpaired) electrons. The molecule has 0 fully saturated rings. The first-order valence-electron chi connectivity index (χ1n) is 4.56. The third-order valence-corrected chi connectivity index (χ3v) is 2.14. The smallest absolute Gasteiger partial charge is 0.133 e. The van der Waals surface area contributed by atoms with E-state index in [1.165, 1.54) is 0 Å². The first-order valence-corrected chi connectivity index (χ1v) is 4.56. The highest BCUT2D eigenvalue weighted by Gasteiger charge is 2.09. The molecule has 0 aromatic heterocycles.